The molecule has 0 atom stereocenters. The molecule has 1 N–H and O–H groups in total. The van der Waals surface area contributed by atoms with Crippen molar-refractivity contribution in [2.45, 2.75) is 46.1 Å². The van der Waals surface area contributed by atoms with Crippen molar-refractivity contribution in [2.75, 3.05) is 0 Å². The van der Waals surface area contributed by atoms with Gasteiger partial charge >= 0.3 is 0 Å². The normalized spacial score (nSPS) is 13.4. The van der Waals surface area contributed by atoms with Crippen LogP contribution in [0.4, 0.5) is 0 Å². The van der Waals surface area contributed by atoms with E-state index in [-0.39, 0.29) is 0 Å². The monoisotopic (exact) mass is 255 g/mol. The van der Waals surface area contributed by atoms with Gasteiger partial charge in [-0.3, -0.25) is 0 Å². The van der Waals surface area contributed by atoms with Crippen LogP contribution in [0.1, 0.15) is 56.5 Å². The van der Waals surface area contributed by atoms with Gasteiger partial charge in [-0.05, 0) is 29.5 Å². The highest BCUT2D eigenvalue weighted by atomic mass is 16.5. The molecule has 0 aliphatic carbocycles. The second-order valence-corrected chi connectivity index (χ2v) is 5.97. The van der Waals surface area contributed by atoms with Crippen LogP contribution in [0.3, 0.4) is 0 Å². The summed E-state index contributed by atoms with van der Waals surface area (Å²) < 4.78 is 5.90. The minimum absolute atomic E-state index is 0.518. The molecule has 1 aliphatic heterocycles. The van der Waals surface area contributed by atoms with Crippen molar-refractivity contribution in [3.05, 3.63) is 41.2 Å². The van der Waals surface area contributed by atoms with E-state index in [2.05, 4.69) is 56.9 Å². The van der Waals surface area contributed by atoms with Gasteiger partial charge in [0.05, 0.1) is 5.69 Å². The quantitative estimate of drug-likeness (QED) is 0.817. The summed E-state index contributed by atoms with van der Waals surface area (Å²) in [5, 5.41) is 0. The molecule has 19 heavy (non-hydrogen) atoms. The second-order valence-electron chi connectivity index (χ2n) is 5.97. The van der Waals surface area contributed by atoms with Crippen LogP contribution in [0.25, 0.3) is 11.1 Å². The lowest BCUT2D eigenvalue weighted by atomic mass is 9.96. The summed E-state index contributed by atoms with van der Waals surface area (Å²) in [4.78, 5) is 3.49. The van der Waals surface area contributed by atoms with Crippen LogP contribution in [0.2, 0.25) is 0 Å². The van der Waals surface area contributed by atoms with Crippen LogP contribution in [0.5, 0.6) is 5.75 Å². The predicted octanol–water partition coefficient (Wildman–Crippen LogP) is 4.82. The first-order chi connectivity index (χ1) is 9.06. The van der Waals surface area contributed by atoms with Gasteiger partial charge in [0.1, 0.15) is 12.4 Å². The molecule has 2 heterocycles. The minimum Gasteiger partial charge on any atom is -0.487 e. The Morgan fingerprint density at radius 2 is 1.79 bits per heavy atom. The summed E-state index contributed by atoms with van der Waals surface area (Å²) in [6.07, 6.45) is 0. The Balaban J connectivity index is 2.08. The Morgan fingerprint density at radius 1 is 1.00 bits per heavy atom. The number of aromatic nitrogens is 1. The molecule has 1 aromatic carbocycles. The SMILES string of the molecule is CC(C)c1ccc2c(c1)OCc1[nH]c(C(C)C)cc1-2. The predicted molar refractivity (Wildman–Crippen MR) is 78.7 cm³/mol. The molecule has 1 aliphatic rings. The molecule has 2 heteroatoms. The first-order valence-electron chi connectivity index (χ1n) is 7.05. The molecule has 0 radical (unpaired) electrons. The van der Waals surface area contributed by atoms with Crippen LogP contribution in [-0.4, -0.2) is 4.98 Å². The van der Waals surface area contributed by atoms with Gasteiger partial charge in [-0.25, -0.2) is 0 Å². The average molecular weight is 255 g/mol. The average Bonchev–Trinajstić information content (AvgIpc) is 2.82. The Labute approximate surface area is 114 Å². The molecule has 100 valence electrons. The summed E-state index contributed by atoms with van der Waals surface area (Å²) in [7, 11) is 0. The molecule has 0 spiro atoms. The Morgan fingerprint density at radius 3 is 2.47 bits per heavy atom. The van der Waals surface area contributed by atoms with Crippen molar-refractivity contribution in [2.24, 2.45) is 0 Å². The maximum Gasteiger partial charge on any atom is 0.129 e. The van der Waals surface area contributed by atoms with Gasteiger partial charge in [0, 0.05) is 16.8 Å². The molecule has 0 unspecified atom stereocenters. The number of nitrogens with one attached hydrogen (secondary N) is 1. The second kappa shape index (κ2) is 4.44. The molecule has 1 aromatic heterocycles. The van der Waals surface area contributed by atoms with Gasteiger partial charge in [0.25, 0.3) is 0 Å². The molecule has 0 amide bonds. The van der Waals surface area contributed by atoms with E-state index in [1.165, 1.54) is 28.1 Å². The molecule has 0 saturated heterocycles. The smallest absolute Gasteiger partial charge is 0.129 e. The van der Waals surface area contributed by atoms with Crippen molar-refractivity contribution < 1.29 is 4.74 Å². The van der Waals surface area contributed by atoms with Gasteiger partial charge in [-0.15, -0.1) is 0 Å². The zero-order valence-electron chi connectivity index (χ0n) is 12.1. The molecule has 0 bridgehead atoms. The van der Waals surface area contributed by atoms with Crippen molar-refractivity contribution in [3.8, 4) is 16.9 Å². The van der Waals surface area contributed by atoms with E-state index >= 15 is 0 Å². The van der Waals surface area contributed by atoms with Gasteiger partial charge in [0.15, 0.2) is 0 Å². The first kappa shape index (κ1) is 12.3. The van der Waals surface area contributed by atoms with Crippen molar-refractivity contribution >= 4 is 0 Å². The fraction of sp³-hybridized carbons (Fsp3) is 0.412. The van der Waals surface area contributed by atoms with Crippen LogP contribution >= 0.6 is 0 Å². The summed E-state index contributed by atoms with van der Waals surface area (Å²) in [6.45, 7) is 9.49. The van der Waals surface area contributed by atoms with Crippen molar-refractivity contribution in [1.82, 2.24) is 4.98 Å². The fourth-order valence-electron chi connectivity index (χ4n) is 2.58. The van der Waals surface area contributed by atoms with Crippen LogP contribution < -0.4 is 4.74 Å². The molecule has 0 fully saturated rings. The number of benzene rings is 1. The van der Waals surface area contributed by atoms with Gasteiger partial charge in [-0.1, -0.05) is 39.8 Å². The summed E-state index contributed by atoms with van der Waals surface area (Å²) >= 11 is 0. The topological polar surface area (TPSA) is 25.0 Å². The first-order valence-corrected chi connectivity index (χ1v) is 7.05. The standard InChI is InChI=1S/C17H21NO/c1-10(2)12-5-6-13-14-8-15(11(3)4)18-16(14)9-19-17(13)7-12/h5-8,10-11,18H,9H2,1-4H3. The van der Waals surface area contributed by atoms with E-state index in [4.69, 9.17) is 4.74 Å². The highest BCUT2D eigenvalue weighted by Gasteiger charge is 2.21. The van der Waals surface area contributed by atoms with E-state index in [1.54, 1.807) is 0 Å². The molecule has 0 saturated carbocycles. The molecular formula is C17H21NO. The Kier molecular flexibility index (Phi) is 2.89. The number of H-pyrrole nitrogens is 1. The number of aromatic amines is 1. The van der Waals surface area contributed by atoms with Crippen molar-refractivity contribution in [1.29, 1.82) is 0 Å². The number of hydrogen-bond donors (Lipinski definition) is 1. The third-order valence-electron chi connectivity index (χ3n) is 3.88. The van der Waals surface area contributed by atoms with E-state index in [0.717, 1.165) is 5.75 Å². The van der Waals surface area contributed by atoms with Crippen LogP contribution in [0, 0.1) is 0 Å². The van der Waals surface area contributed by atoms with Crippen molar-refractivity contribution in [3.63, 3.8) is 0 Å². The highest BCUT2D eigenvalue weighted by molar-refractivity contribution is 5.75. The van der Waals surface area contributed by atoms with E-state index in [9.17, 15) is 0 Å². The lowest BCUT2D eigenvalue weighted by Crippen LogP contribution is -2.05. The number of fused-ring (bicyclic) bond motifs is 3. The number of hydrogen-bond acceptors (Lipinski definition) is 1. The minimum atomic E-state index is 0.518. The lowest BCUT2D eigenvalue weighted by Gasteiger charge is -2.19. The van der Waals surface area contributed by atoms with E-state index in [0.29, 0.717) is 18.4 Å². The molecular weight excluding hydrogens is 234 g/mol. The zero-order valence-corrected chi connectivity index (χ0v) is 12.1. The number of rotatable bonds is 2. The Bertz CT molecular complexity index is 608. The van der Waals surface area contributed by atoms with E-state index < -0.39 is 0 Å². The zero-order chi connectivity index (χ0) is 13.6. The number of ether oxygens (including phenoxy) is 1. The van der Waals surface area contributed by atoms with Gasteiger partial charge in [0.2, 0.25) is 0 Å². The lowest BCUT2D eigenvalue weighted by molar-refractivity contribution is 0.297. The summed E-state index contributed by atoms with van der Waals surface area (Å²) in [6, 6.07) is 8.87. The third-order valence-corrected chi connectivity index (χ3v) is 3.88. The third kappa shape index (κ3) is 2.05. The maximum absolute atomic E-state index is 5.90. The molecule has 2 nitrogen and oxygen atoms in total. The fourth-order valence-corrected chi connectivity index (χ4v) is 2.58. The summed E-state index contributed by atoms with van der Waals surface area (Å²) in [5.41, 5.74) is 6.35. The van der Waals surface area contributed by atoms with Gasteiger partial charge < -0.3 is 9.72 Å². The molecule has 2 aromatic rings. The van der Waals surface area contributed by atoms with Crippen LogP contribution in [0.15, 0.2) is 24.3 Å². The highest BCUT2D eigenvalue weighted by Crippen LogP contribution is 2.40. The summed E-state index contributed by atoms with van der Waals surface area (Å²) in [5.74, 6) is 2.07. The molecule has 3 rings (SSSR count). The van der Waals surface area contributed by atoms with Gasteiger partial charge in [-0.2, -0.15) is 0 Å². The van der Waals surface area contributed by atoms with Crippen LogP contribution in [-0.2, 0) is 6.61 Å². The largest absolute Gasteiger partial charge is 0.487 e. The maximum atomic E-state index is 5.90. The van der Waals surface area contributed by atoms with E-state index in [1.807, 2.05) is 0 Å². The Hall–Kier alpha value is -1.70.